The minimum Gasteiger partial charge on any atom is -0.496 e. The summed E-state index contributed by atoms with van der Waals surface area (Å²) in [6.07, 6.45) is 1.75. The molecule has 0 amide bonds. The van der Waals surface area contributed by atoms with Gasteiger partial charge >= 0.3 is 0 Å². The minimum atomic E-state index is -0.290. The predicted octanol–water partition coefficient (Wildman–Crippen LogP) is 4.46. The molecule has 0 saturated carbocycles. The molecule has 28 heavy (non-hydrogen) atoms. The van der Waals surface area contributed by atoms with Gasteiger partial charge in [-0.1, -0.05) is 11.6 Å². The van der Waals surface area contributed by atoms with Crippen molar-refractivity contribution in [3.63, 3.8) is 0 Å². The van der Waals surface area contributed by atoms with Gasteiger partial charge < -0.3 is 9.72 Å². The maximum atomic E-state index is 13.4. The Morgan fingerprint density at radius 2 is 2.21 bits per heavy atom. The van der Waals surface area contributed by atoms with E-state index in [-0.39, 0.29) is 17.5 Å². The average Bonchev–Trinajstić information content (AvgIpc) is 3.08. The predicted molar refractivity (Wildman–Crippen MR) is 106 cm³/mol. The number of H-pyrrole nitrogens is 1. The Labute approximate surface area is 167 Å². The van der Waals surface area contributed by atoms with Crippen molar-refractivity contribution in [3.8, 4) is 5.75 Å². The summed E-state index contributed by atoms with van der Waals surface area (Å²) >= 11 is 6.09. The molecule has 1 aliphatic rings. The summed E-state index contributed by atoms with van der Waals surface area (Å²) in [5.74, 6) is 0.959. The van der Waals surface area contributed by atoms with E-state index in [0.29, 0.717) is 34.9 Å². The summed E-state index contributed by atoms with van der Waals surface area (Å²) in [5, 5.41) is 0.520. The van der Waals surface area contributed by atoms with Gasteiger partial charge in [0.05, 0.1) is 30.3 Å². The second kappa shape index (κ2) is 7.89. The highest BCUT2D eigenvalue weighted by Gasteiger charge is 2.29. The van der Waals surface area contributed by atoms with Crippen molar-refractivity contribution in [2.24, 2.45) is 5.92 Å². The number of hydrogen-bond acceptors (Lipinski definition) is 4. The molecule has 2 heterocycles. The summed E-state index contributed by atoms with van der Waals surface area (Å²) in [4.78, 5) is 23.0. The van der Waals surface area contributed by atoms with Gasteiger partial charge in [0, 0.05) is 17.5 Å². The van der Waals surface area contributed by atoms with Crippen LogP contribution in [0.25, 0.3) is 11.0 Å². The van der Waals surface area contributed by atoms with Crippen LogP contribution in [0, 0.1) is 11.7 Å². The summed E-state index contributed by atoms with van der Waals surface area (Å²) in [5.41, 5.74) is 1.95. The zero-order valence-electron chi connectivity index (χ0n) is 15.5. The minimum absolute atomic E-state index is 0.0516. The van der Waals surface area contributed by atoms with E-state index in [9.17, 15) is 9.18 Å². The van der Waals surface area contributed by atoms with Crippen molar-refractivity contribution in [1.82, 2.24) is 14.9 Å². The highest BCUT2D eigenvalue weighted by molar-refractivity contribution is 6.31. The van der Waals surface area contributed by atoms with Gasteiger partial charge in [0.1, 0.15) is 17.4 Å². The number of aromatic nitrogens is 2. The van der Waals surface area contributed by atoms with Crippen molar-refractivity contribution >= 4 is 28.4 Å². The van der Waals surface area contributed by atoms with Crippen LogP contribution in [0.15, 0.2) is 36.4 Å². The quantitative estimate of drug-likeness (QED) is 0.641. The molecule has 5 nitrogen and oxygen atoms in total. The zero-order valence-corrected chi connectivity index (χ0v) is 16.3. The van der Waals surface area contributed by atoms with E-state index in [4.69, 9.17) is 16.3 Å². The molecule has 1 N–H and O–H groups in total. The highest BCUT2D eigenvalue weighted by atomic mass is 35.5. The monoisotopic (exact) mass is 401 g/mol. The molecule has 0 radical (unpaired) electrons. The van der Waals surface area contributed by atoms with Crippen molar-refractivity contribution in [3.05, 3.63) is 58.6 Å². The van der Waals surface area contributed by atoms with E-state index in [1.807, 2.05) is 0 Å². The van der Waals surface area contributed by atoms with Crippen LogP contribution in [0.5, 0.6) is 5.75 Å². The SMILES string of the molecule is COc1ccc(Cl)cc1C(=O)C1CCCN(Cc2nc3ccc(F)cc3[nH]2)C1. The Hall–Kier alpha value is -2.44. The first-order valence-corrected chi connectivity index (χ1v) is 9.65. The topological polar surface area (TPSA) is 58.2 Å². The molecular weight excluding hydrogens is 381 g/mol. The summed E-state index contributed by atoms with van der Waals surface area (Å²) in [6, 6.07) is 9.63. The van der Waals surface area contributed by atoms with Gasteiger partial charge in [-0.2, -0.15) is 0 Å². The average molecular weight is 402 g/mol. The smallest absolute Gasteiger partial charge is 0.170 e. The number of piperidine rings is 1. The molecular formula is C21H21ClFN3O2. The lowest BCUT2D eigenvalue weighted by atomic mass is 9.89. The molecule has 1 unspecified atom stereocenters. The molecule has 2 aromatic carbocycles. The molecule has 1 aromatic heterocycles. The molecule has 0 spiro atoms. The van der Waals surface area contributed by atoms with Crippen LogP contribution in [0.1, 0.15) is 29.0 Å². The fourth-order valence-electron chi connectivity index (χ4n) is 3.83. The lowest BCUT2D eigenvalue weighted by Crippen LogP contribution is -2.38. The van der Waals surface area contributed by atoms with Crippen LogP contribution in [-0.2, 0) is 6.54 Å². The molecule has 146 valence electrons. The third-order valence-electron chi connectivity index (χ3n) is 5.17. The number of ether oxygens (including phenoxy) is 1. The second-order valence-electron chi connectivity index (χ2n) is 7.13. The third kappa shape index (κ3) is 3.88. The van der Waals surface area contributed by atoms with Crippen LogP contribution < -0.4 is 4.74 Å². The number of fused-ring (bicyclic) bond motifs is 1. The van der Waals surface area contributed by atoms with Crippen LogP contribution in [-0.4, -0.2) is 40.9 Å². The first-order chi connectivity index (χ1) is 13.5. The van der Waals surface area contributed by atoms with Gasteiger partial charge in [0.25, 0.3) is 0 Å². The number of hydrogen-bond donors (Lipinski definition) is 1. The number of carbonyl (C=O) groups is 1. The maximum absolute atomic E-state index is 13.4. The van der Waals surface area contributed by atoms with E-state index in [2.05, 4.69) is 14.9 Å². The van der Waals surface area contributed by atoms with Gasteiger partial charge in [-0.15, -0.1) is 0 Å². The summed E-state index contributed by atoms with van der Waals surface area (Å²) in [7, 11) is 1.55. The number of likely N-dealkylation sites (tertiary alicyclic amines) is 1. The molecule has 0 bridgehead atoms. The van der Waals surface area contributed by atoms with Crippen molar-refractivity contribution < 1.29 is 13.9 Å². The summed E-state index contributed by atoms with van der Waals surface area (Å²) in [6.45, 7) is 2.12. The largest absolute Gasteiger partial charge is 0.496 e. The number of halogens is 2. The Kier molecular flexibility index (Phi) is 5.33. The van der Waals surface area contributed by atoms with Gasteiger partial charge in [0.2, 0.25) is 0 Å². The van der Waals surface area contributed by atoms with Crippen LogP contribution in [0.2, 0.25) is 5.02 Å². The number of imidazole rings is 1. The highest BCUT2D eigenvalue weighted by Crippen LogP contribution is 2.29. The van der Waals surface area contributed by atoms with Gasteiger partial charge in [-0.25, -0.2) is 9.37 Å². The Balaban J connectivity index is 1.49. The number of ketones is 1. The van der Waals surface area contributed by atoms with Gasteiger partial charge in [0.15, 0.2) is 5.78 Å². The molecule has 4 rings (SSSR count). The molecule has 1 saturated heterocycles. The van der Waals surface area contributed by atoms with Gasteiger partial charge in [-0.3, -0.25) is 9.69 Å². The molecule has 1 atom stereocenters. The molecule has 1 fully saturated rings. The number of nitrogens with zero attached hydrogens (tertiary/aromatic N) is 2. The number of aromatic amines is 1. The number of methoxy groups -OCH3 is 1. The Bertz CT molecular complexity index is 1020. The maximum Gasteiger partial charge on any atom is 0.170 e. The standard InChI is InChI=1S/C21H21ClFN3O2/c1-28-19-7-4-14(22)9-16(19)21(27)13-3-2-8-26(11-13)12-20-24-17-6-5-15(23)10-18(17)25-20/h4-7,9-10,13H,2-3,8,11-12H2,1H3,(H,24,25). The normalized spacial score (nSPS) is 17.8. The van der Waals surface area contributed by atoms with Crippen LogP contribution in [0.3, 0.4) is 0 Å². The third-order valence-corrected chi connectivity index (χ3v) is 5.40. The number of Topliss-reactive ketones (excluding diaryl/α,β-unsaturated/α-hetero) is 1. The zero-order chi connectivity index (χ0) is 19.7. The van der Waals surface area contributed by atoms with E-state index >= 15 is 0 Å². The van der Waals surface area contributed by atoms with E-state index in [1.54, 1.807) is 31.4 Å². The van der Waals surface area contributed by atoms with Crippen LogP contribution in [0.4, 0.5) is 4.39 Å². The Morgan fingerprint density at radius 3 is 3.04 bits per heavy atom. The lowest BCUT2D eigenvalue weighted by Gasteiger charge is -2.31. The summed E-state index contributed by atoms with van der Waals surface area (Å²) < 4.78 is 18.7. The van der Waals surface area contributed by atoms with E-state index in [1.165, 1.54) is 12.1 Å². The Morgan fingerprint density at radius 1 is 1.36 bits per heavy atom. The number of carbonyl (C=O) groups excluding carboxylic acids is 1. The van der Waals surface area contributed by atoms with E-state index in [0.717, 1.165) is 30.7 Å². The second-order valence-corrected chi connectivity index (χ2v) is 7.56. The van der Waals surface area contributed by atoms with Gasteiger partial charge in [-0.05, 0) is 55.8 Å². The number of rotatable bonds is 5. The first-order valence-electron chi connectivity index (χ1n) is 9.28. The van der Waals surface area contributed by atoms with Crippen molar-refractivity contribution in [2.75, 3.05) is 20.2 Å². The lowest BCUT2D eigenvalue weighted by molar-refractivity contribution is 0.0806. The van der Waals surface area contributed by atoms with Crippen molar-refractivity contribution in [2.45, 2.75) is 19.4 Å². The molecule has 7 heteroatoms. The molecule has 3 aromatic rings. The fraction of sp³-hybridized carbons (Fsp3) is 0.333. The van der Waals surface area contributed by atoms with Crippen LogP contribution >= 0.6 is 11.6 Å². The van der Waals surface area contributed by atoms with E-state index < -0.39 is 0 Å². The molecule has 0 aliphatic carbocycles. The fourth-order valence-corrected chi connectivity index (χ4v) is 4.00. The molecule has 1 aliphatic heterocycles. The van der Waals surface area contributed by atoms with Crippen molar-refractivity contribution in [1.29, 1.82) is 0 Å². The number of benzene rings is 2. The number of nitrogens with one attached hydrogen (secondary N) is 1. The first kappa shape index (κ1) is 18.9.